The summed E-state index contributed by atoms with van der Waals surface area (Å²) in [6.45, 7) is 1.84. The molecule has 12 heavy (non-hydrogen) atoms. The second-order valence-electron chi connectivity index (χ2n) is 2.11. The summed E-state index contributed by atoms with van der Waals surface area (Å²) in [5.41, 5.74) is 1.29. The molecule has 1 aromatic rings. The molecule has 4 N–H and O–H groups in total. The average Bonchev–Trinajstić information content (AvgIpc) is 1.88. The molecule has 0 spiro atoms. The fourth-order valence-electron chi connectivity index (χ4n) is 0.632. The van der Waals surface area contributed by atoms with Crippen LogP contribution in [0.4, 0.5) is 0 Å². The maximum Gasteiger partial charge on any atom is 0.490 e. The Morgan fingerprint density at radius 3 is 2.25 bits per heavy atom. The Bertz CT molecular complexity index is 217. The van der Waals surface area contributed by atoms with E-state index in [1.807, 2.05) is 6.92 Å². The van der Waals surface area contributed by atoms with Gasteiger partial charge in [0.15, 0.2) is 0 Å². The summed E-state index contributed by atoms with van der Waals surface area (Å²) in [7, 11) is -1.41. The molecule has 0 aliphatic heterocycles. The molecule has 0 atom stereocenters. The Morgan fingerprint density at radius 1 is 1.33 bits per heavy atom. The van der Waals surface area contributed by atoms with E-state index in [0.29, 0.717) is 5.46 Å². The van der Waals surface area contributed by atoms with Gasteiger partial charge in [0.25, 0.3) is 0 Å². The second kappa shape index (κ2) is 5.96. The Kier molecular flexibility index (Phi) is 6.93. The van der Waals surface area contributed by atoms with E-state index in [9.17, 15) is 0 Å². The number of aromatic nitrogens is 1. The van der Waals surface area contributed by atoms with Gasteiger partial charge in [0.1, 0.15) is 0 Å². The van der Waals surface area contributed by atoms with Gasteiger partial charge in [-0.25, -0.2) is 0 Å². The fraction of sp³-hybridized carbons (Fsp3) is 0.167. The molecule has 0 saturated heterocycles. The largest absolute Gasteiger partial charge is 0.490 e. The number of nitrogens with zero attached hydrogens (tertiary/aromatic N) is 1. The van der Waals surface area contributed by atoms with Gasteiger partial charge in [-0.1, -0.05) is 6.07 Å². The van der Waals surface area contributed by atoms with Crippen LogP contribution in [0.2, 0.25) is 0 Å². The highest BCUT2D eigenvalue weighted by Crippen LogP contribution is 1.86. The molecule has 68 valence electrons. The standard InChI is InChI=1S/C6H8BNO2.ClH.H2O/c1-5-2-3-6(4-8-5)7(9)10;;/h2-4,9-10H,1H3;1H;1H2. The van der Waals surface area contributed by atoms with Crippen molar-refractivity contribution in [2.24, 2.45) is 0 Å². The molecule has 0 fully saturated rings. The van der Waals surface area contributed by atoms with Crippen molar-refractivity contribution in [2.45, 2.75) is 6.92 Å². The molecular formula is C6H11BClNO3. The number of hydrogen-bond acceptors (Lipinski definition) is 3. The Hall–Kier alpha value is -0.615. The first-order valence-corrected chi connectivity index (χ1v) is 2.99. The Labute approximate surface area is 77.1 Å². The van der Waals surface area contributed by atoms with Gasteiger partial charge in [-0.2, -0.15) is 0 Å². The molecule has 6 heteroatoms. The molecule has 0 bridgehead atoms. The molecule has 1 rings (SSSR count). The zero-order valence-corrected chi connectivity index (χ0v) is 7.38. The lowest BCUT2D eigenvalue weighted by Gasteiger charge is -1.96. The molecule has 0 aromatic carbocycles. The summed E-state index contributed by atoms with van der Waals surface area (Å²) >= 11 is 0. The summed E-state index contributed by atoms with van der Waals surface area (Å²) in [5.74, 6) is 0. The smallest absolute Gasteiger partial charge is 0.423 e. The highest BCUT2D eigenvalue weighted by Gasteiger charge is 2.09. The van der Waals surface area contributed by atoms with Crippen LogP contribution in [0.1, 0.15) is 5.69 Å². The molecule has 1 aromatic heterocycles. The van der Waals surface area contributed by atoms with Gasteiger partial charge in [-0.05, 0) is 13.0 Å². The third kappa shape index (κ3) is 3.68. The lowest BCUT2D eigenvalue weighted by Crippen LogP contribution is -2.29. The van der Waals surface area contributed by atoms with Crippen LogP contribution in [0.15, 0.2) is 18.3 Å². The number of halogens is 1. The van der Waals surface area contributed by atoms with E-state index < -0.39 is 7.12 Å². The predicted octanol–water partition coefficient (Wildman–Crippen LogP) is -1.33. The number of pyridine rings is 1. The zero-order valence-electron chi connectivity index (χ0n) is 6.56. The Balaban J connectivity index is 0. The molecule has 0 aliphatic rings. The van der Waals surface area contributed by atoms with Crippen molar-refractivity contribution in [1.29, 1.82) is 0 Å². The summed E-state index contributed by atoms with van der Waals surface area (Å²) in [5, 5.41) is 17.3. The third-order valence-electron chi connectivity index (χ3n) is 1.23. The fourth-order valence-corrected chi connectivity index (χ4v) is 0.632. The van der Waals surface area contributed by atoms with Crippen molar-refractivity contribution in [2.75, 3.05) is 0 Å². The minimum atomic E-state index is -1.41. The molecule has 0 radical (unpaired) electrons. The highest BCUT2D eigenvalue weighted by atomic mass is 35.5. The number of rotatable bonds is 1. The predicted molar refractivity (Wildman–Crippen MR) is 49.7 cm³/mol. The van der Waals surface area contributed by atoms with Gasteiger partial charge in [-0.3, -0.25) is 4.98 Å². The lowest BCUT2D eigenvalue weighted by molar-refractivity contribution is 0.425. The minimum absolute atomic E-state index is 0. The first-order valence-electron chi connectivity index (χ1n) is 2.99. The van der Waals surface area contributed by atoms with Crippen LogP contribution in [0.5, 0.6) is 0 Å². The van der Waals surface area contributed by atoms with Crippen LogP contribution < -0.4 is 5.46 Å². The SMILES string of the molecule is Cc1ccc(B(O)O)cn1.Cl.O. The topological polar surface area (TPSA) is 84.8 Å². The van der Waals surface area contributed by atoms with Crippen LogP contribution in [-0.2, 0) is 0 Å². The van der Waals surface area contributed by atoms with Crippen molar-refractivity contribution in [3.63, 3.8) is 0 Å². The van der Waals surface area contributed by atoms with E-state index in [0.717, 1.165) is 5.69 Å². The number of aryl methyl sites for hydroxylation is 1. The van der Waals surface area contributed by atoms with Gasteiger partial charge >= 0.3 is 7.12 Å². The lowest BCUT2D eigenvalue weighted by atomic mass is 9.82. The first kappa shape index (κ1) is 13.9. The summed E-state index contributed by atoms with van der Waals surface area (Å²) < 4.78 is 0. The highest BCUT2D eigenvalue weighted by molar-refractivity contribution is 6.58. The van der Waals surface area contributed by atoms with Gasteiger partial charge in [0, 0.05) is 17.4 Å². The van der Waals surface area contributed by atoms with Gasteiger partial charge < -0.3 is 15.5 Å². The van der Waals surface area contributed by atoms with E-state index in [4.69, 9.17) is 10.0 Å². The molecular weight excluding hydrogens is 180 g/mol. The van der Waals surface area contributed by atoms with Gasteiger partial charge in [0.05, 0.1) is 0 Å². The van der Waals surface area contributed by atoms with Crippen molar-refractivity contribution >= 4 is 25.0 Å². The van der Waals surface area contributed by atoms with E-state index >= 15 is 0 Å². The van der Waals surface area contributed by atoms with Crippen molar-refractivity contribution in [3.05, 3.63) is 24.0 Å². The van der Waals surface area contributed by atoms with E-state index in [2.05, 4.69) is 4.98 Å². The second-order valence-corrected chi connectivity index (χ2v) is 2.11. The molecule has 0 amide bonds. The van der Waals surface area contributed by atoms with E-state index in [1.165, 1.54) is 6.20 Å². The molecule has 0 saturated carbocycles. The molecule has 1 heterocycles. The molecule has 0 aliphatic carbocycles. The molecule has 4 nitrogen and oxygen atoms in total. The summed E-state index contributed by atoms with van der Waals surface area (Å²) in [6.07, 6.45) is 1.44. The van der Waals surface area contributed by atoms with E-state index in [1.54, 1.807) is 12.1 Å². The maximum absolute atomic E-state index is 8.63. The minimum Gasteiger partial charge on any atom is -0.423 e. The number of hydrogen-bond donors (Lipinski definition) is 2. The third-order valence-corrected chi connectivity index (χ3v) is 1.23. The van der Waals surface area contributed by atoms with Crippen LogP contribution >= 0.6 is 12.4 Å². The van der Waals surface area contributed by atoms with Gasteiger partial charge in [-0.15, -0.1) is 12.4 Å². The normalized spacial score (nSPS) is 7.92. The van der Waals surface area contributed by atoms with E-state index in [-0.39, 0.29) is 17.9 Å². The quantitative estimate of drug-likeness (QED) is 0.539. The maximum atomic E-state index is 8.63. The summed E-state index contributed by atoms with van der Waals surface area (Å²) in [4.78, 5) is 3.88. The van der Waals surface area contributed by atoms with Gasteiger partial charge in [0.2, 0.25) is 0 Å². The molecule has 0 unspecified atom stereocenters. The van der Waals surface area contributed by atoms with Crippen molar-refractivity contribution in [3.8, 4) is 0 Å². The van der Waals surface area contributed by atoms with Crippen molar-refractivity contribution in [1.82, 2.24) is 4.98 Å². The first-order chi connectivity index (χ1) is 4.70. The van der Waals surface area contributed by atoms with Crippen molar-refractivity contribution < 1.29 is 15.5 Å². The van der Waals surface area contributed by atoms with Crippen LogP contribution in [0.3, 0.4) is 0 Å². The Morgan fingerprint density at radius 2 is 1.92 bits per heavy atom. The zero-order chi connectivity index (χ0) is 7.56. The average molecular weight is 191 g/mol. The van der Waals surface area contributed by atoms with Crippen LogP contribution in [0, 0.1) is 6.92 Å². The summed E-state index contributed by atoms with van der Waals surface area (Å²) in [6, 6.07) is 3.36. The monoisotopic (exact) mass is 191 g/mol. The van der Waals surface area contributed by atoms with Crippen LogP contribution in [0.25, 0.3) is 0 Å². The van der Waals surface area contributed by atoms with Crippen LogP contribution in [-0.4, -0.2) is 27.6 Å².